The minimum atomic E-state index is -0.375. The number of carbonyl (C=O) groups is 1. The number of anilines is 1. The molecule has 5 heteroatoms. The number of esters is 1. The molecule has 0 aliphatic heterocycles. The van der Waals surface area contributed by atoms with Gasteiger partial charge in [-0.1, -0.05) is 0 Å². The third-order valence-electron chi connectivity index (χ3n) is 2.04. The Hall–Kier alpha value is -1.59. The molecule has 0 saturated heterocycles. The zero-order valence-electron chi connectivity index (χ0n) is 9.85. The largest absolute Gasteiger partial charge is 0.460 e. The Balaban J connectivity index is 2.19. The van der Waals surface area contributed by atoms with Crippen LogP contribution in [0.4, 0.5) is 5.69 Å². The van der Waals surface area contributed by atoms with Crippen molar-refractivity contribution in [3.63, 3.8) is 0 Å². The third kappa shape index (κ3) is 5.33. The van der Waals surface area contributed by atoms with Crippen LogP contribution in [-0.2, 0) is 14.2 Å². The second kappa shape index (κ2) is 7.65. The fourth-order valence-corrected chi connectivity index (χ4v) is 1.14. The number of hydrogen-bond donors (Lipinski definition) is 1. The maximum atomic E-state index is 11.5. The molecule has 0 aliphatic rings. The number of benzene rings is 1. The first kappa shape index (κ1) is 13.5. The lowest BCUT2D eigenvalue weighted by Gasteiger charge is -2.06. The first-order valence-electron chi connectivity index (χ1n) is 5.33. The monoisotopic (exact) mass is 239 g/mol. The van der Waals surface area contributed by atoms with E-state index in [0.29, 0.717) is 31.1 Å². The summed E-state index contributed by atoms with van der Waals surface area (Å²) in [6.07, 6.45) is 0. The van der Waals surface area contributed by atoms with E-state index in [9.17, 15) is 4.79 Å². The summed E-state index contributed by atoms with van der Waals surface area (Å²) >= 11 is 0. The second-order valence-electron chi connectivity index (χ2n) is 3.36. The van der Waals surface area contributed by atoms with Crippen LogP contribution in [0.1, 0.15) is 10.4 Å². The predicted octanol–water partition coefficient (Wildman–Crippen LogP) is 1.09. The molecule has 0 radical (unpaired) electrons. The van der Waals surface area contributed by atoms with Gasteiger partial charge in [-0.2, -0.15) is 0 Å². The van der Waals surface area contributed by atoms with Crippen LogP contribution in [0, 0.1) is 0 Å². The molecule has 0 bridgehead atoms. The molecular formula is C12H17NO4. The molecule has 0 spiro atoms. The van der Waals surface area contributed by atoms with Gasteiger partial charge in [0.1, 0.15) is 6.61 Å². The van der Waals surface area contributed by atoms with Gasteiger partial charge in [-0.25, -0.2) is 4.79 Å². The highest BCUT2D eigenvalue weighted by molar-refractivity contribution is 5.89. The molecule has 0 aromatic heterocycles. The Labute approximate surface area is 100 Å². The van der Waals surface area contributed by atoms with E-state index in [1.165, 1.54) is 0 Å². The molecule has 0 atom stereocenters. The molecular weight excluding hydrogens is 222 g/mol. The van der Waals surface area contributed by atoms with Gasteiger partial charge in [0.15, 0.2) is 0 Å². The van der Waals surface area contributed by atoms with Gasteiger partial charge in [-0.15, -0.1) is 0 Å². The zero-order valence-corrected chi connectivity index (χ0v) is 9.85. The summed E-state index contributed by atoms with van der Waals surface area (Å²) in [4.78, 5) is 11.5. The summed E-state index contributed by atoms with van der Waals surface area (Å²) in [6, 6.07) is 6.57. The summed E-state index contributed by atoms with van der Waals surface area (Å²) in [5.41, 5.74) is 6.61. The zero-order chi connectivity index (χ0) is 12.5. The summed E-state index contributed by atoms with van der Waals surface area (Å²) < 4.78 is 15.0. The Morgan fingerprint density at radius 3 is 2.41 bits per heavy atom. The minimum absolute atomic E-state index is 0.229. The SMILES string of the molecule is COCCOCCOC(=O)c1ccc(N)cc1. The number of carbonyl (C=O) groups excluding carboxylic acids is 1. The van der Waals surface area contributed by atoms with Gasteiger partial charge in [-0.05, 0) is 24.3 Å². The Morgan fingerprint density at radius 1 is 1.12 bits per heavy atom. The lowest BCUT2D eigenvalue weighted by atomic mass is 10.2. The maximum absolute atomic E-state index is 11.5. The summed E-state index contributed by atoms with van der Waals surface area (Å²) in [5.74, 6) is -0.375. The number of ether oxygens (including phenoxy) is 3. The van der Waals surface area contributed by atoms with Crippen LogP contribution in [0.25, 0.3) is 0 Å². The van der Waals surface area contributed by atoms with E-state index in [-0.39, 0.29) is 12.6 Å². The van der Waals surface area contributed by atoms with Crippen molar-refractivity contribution in [2.24, 2.45) is 0 Å². The highest BCUT2D eigenvalue weighted by Gasteiger charge is 2.05. The molecule has 1 rings (SSSR count). The Morgan fingerprint density at radius 2 is 1.76 bits per heavy atom. The standard InChI is InChI=1S/C12H17NO4/c1-15-6-7-16-8-9-17-12(14)10-2-4-11(13)5-3-10/h2-5H,6-9,13H2,1H3. The molecule has 0 heterocycles. The van der Waals surface area contributed by atoms with Crippen LogP contribution in [0.5, 0.6) is 0 Å². The van der Waals surface area contributed by atoms with Crippen LogP contribution in [0.2, 0.25) is 0 Å². The van der Waals surface area contributed by atoms with E-state index in [0.717, 1.165) is 0 Å². The molecule has 1 aromatic rings. The molecule has 0 aliphatic carbocycles. The molecule has 0 unspecified atom stereocenters. The van der Waals surface area contributed by atoms with Gasteiger partial charge in [-0.3, -0.25) is 0 Å². The van der Waals surface area contributed by atoms with Crippen LogP contribution < -0.4 is 5.73 Å². The van der Waals surface area contributed by atoms with E-state index in [2.05, 4.69) is 0 Å². The fourth-order valence-electron chi connectivity index (χ4n) is 1.14. The number of methoxy groups -OCH3 is 1. The second-order valence-corrected chi connectivity index (χ2v) is 3.36. The van der Waals surface area contributed by atoms with Crippen LogP contribution in [0.3, 0.4) is 0 Å². The molecule has 1 aromatic carbocycles. The summed E-state index contributed by atoms with van der Waals surface area (Å²) in [5, 5.41) is 0. The van der Waals surface area contributed by atoms with Gasteiger partial charge >= 0.3 is 5.97 Å². The maximum Gasteiger partial charge on any atom is 0.338 e. The highest BCUT2D eigenvalue weighted by atomic mass is 16.6. The number of rotatable bonds is 7. The molecule has 0 fully saturated rings. The quantitative estimate of drug-likeness (QED) is 0.438. The van der Waals surface area contributed by atoms with Crippen molar-refractivity contribution in [1.29, 1.82) is 0 Å². The van der Waals surface area contributed by atoms with Crippen molar-refractivity contribution in [3.05, 3.63) is 29.8 Å². The van der Waals surface area contributed by atoms with Crippen molar-refractivity contribution in [1.82, 2.24) is 0 Å². The highest BCUT2D eigenvalue weighted by Crippen LogP contribution is 2.06. The summed E-state index contributed by atoms with van der Waals surface area (Å²) in [6.45, 7) is 1.62. The van der Waals surface area contributed by atoms with Crippen molar-refractivity contribution in [2.75, 3.05) is 39.3 Å². The van der Waals surface area contributed by atoms with Crippen LogP contribution in [0.15, 0.2) is 24.3 Å². The summed E-state index contributed by atoms with van der Waals surface area (Å²) in [7, 11) is 1.60. The lowest BCUT2D eigenvalue weighted by molar-refractivity contribution is 0.0214. The molecule has 94 valence electrons. The normalized spacial score (nSPS) is 10.2. The molecule has 17 heavy (non-hydrogen) atoms. The van der Waals surface area contributed by atoms with E-state index in [1.54, 1.807) is 31.4 Å². The van der Waals surface area contributed by atoms with E-state index >= 15 is 0 Å². The average molecular weight is 239 g/mol. The van der Waals surface area contributed by atoms with Crippen molar-refractivity contribution >= 4 is 11.7 Å². The van der Waals surface area contributed by atoms with E-state index in [1.807, 2.05) is 0 Å². The number of hydrogen-bond acceptors (Lipinski definition) is 5. The molecule has 0 saturated carbocycles. The Kier molecular flexibility index (Phi) is 6.06. The van der Waals surface area contributed by atoms with E-state index in [4.69, 9.17) is 19.9 Å². The topological polar surface area (TPSA) is 70.8 Å². The van der Waals surface area contributed by atoms with E-state index < -0.39 is 0 Å². The van der Waals surface area contributed by atoms with Crippen molar-refractivity contribution in [3.8, 4) is 0 Å². The Bertz CT molecular complexity index is 337. The van der Waals surface area contributed by atoms with Gasteiger partial charge in [0.05, 0.1) is 25.4 Å². The molecule has 2 N–H and O–H groups in total. The van der Waals surface area contributed by atoms with Crippen LogP contribution in [-0.4, -0.2) is 39.5 Å². The van der Waals surface area contributed by atoms with Crippen LogP contribution >= 0.6 is 0 Å². The van der Waals surface area contributed by atoms with Gasteiger partial charge < -0.3 is 19.9 Å². The first-order valence-corrected chi connectivity index (χ1v) is 5.33. The predicted molar refractivity (Wildman–Crippen MR) is 63.8 cm³/mol. The van der Waals surface area contributed by atoms with Crippen molar-refractivity contribution < 1.29 is 19.0 Å². The smallest absolute Gasteiger partial charge is 0.338 e. The van der Waals surface area contributed by atoms with Crippen molar-refractivity contribution in [2.45, 2.75) is 0 Å². The number of nitrogens with two attached hydrogens (primary N) is 1. The average Bonchev–Trinajstić information content (AvgIpc) is 2.34. The van der Waals surface area contributed by atoms with Gasteiger partial charge in [0.25, 0.3) is 0 Å². The van der Waals surface area contributed by atoms with Gasteiger partial charge in [0, 0.05) is 12.8 Å². The lowest BCUT2D eigenvalue weighted by Crippen LogP contribution is -2.12. The number of nitrogen functional groups attached to an aromatic ring is 1. The first-order chi connectivity index (χ1) is 8.24. The third-order valence-corrected chi connectivity index (χ3v) is 2.04. The van der Waals surface area contributed by atoms with Gasteiger partial charge in [0.2, 0.25) is 0 Å². The molecule has 0 amide bonds. The minimum Gasteiger partial charge on any atom is -0.460 e. The fraction of sp³-hybridized carbons (Fsp3) is 0.417. The molecule has 5 nitrogen and oxygen atoms in total.